The van der Waals surface area contributed by atoms with Crippen LogP contribution in [0.25, 0.3) is 0 Å². The van der Waals surface area contributed by atoms with Crippen LogP contribution in [0.15, 0.2) is 18.2 Å². The van der Waals surface area contributed by atoms with Gasteiger partial charge in [0.15, 0.2) is 0 Å². The van der Waals surface area contributed by atoms with Crippen LogP contribution >= 0.6 is 11.6 Å². The van der Waals surface area contributed by atoms with Crippen molar-refractivity contribution < 1.29 is 14.3 Å². The van der Waals surface area contributed by atoms with E-state index in [0.29, 0.717) is 11.6 Å². The van der Waals surface area contributed by atoms with Gasteiger partial charge in [-0.25, -0.2) is 4.39 Å². The summed E-state index contributed by atoms with van der Waals surface area (Å²) in [6, 6.07) is 3.88. The zero-order valence-corrected chi connectivity index (χ0v) is 11.9. The molecule has 0 aliphatic carbocycles. The molecule has 0 fully saturated rings. The molecule has 1 amide bonds. The summed E-state index contributed by atoms with van der Waals surface area (Å²) in [6.45, 7) is 4.44. The van der Waals surface area contributed by atoms with Crippen molar-refractivity contribution in [1.29, 1.82) is 0 Å². The highest BCUT2D eigenvalue weighted by Crippen LogP contribution is 2.20. The van der Waals surface area contributed by atoms with E-state index < -0.39 is 11.7 Å². The molecule has 0 spiro atoms. The number of benzene rings is 1. The maximum absolute atomic E-state index is 13.4. The number of halogens is 2. The van der Waals surface area contributed by atoms with Crippen LogP contribution in [0, 0.1) is 11.2 Å². The fraction of sp³-hybridized carbons (Fsp3) is 0.500. The molecule has 0 saturated carbocycles. The molecule has 1 rings (SSSR count). The summed E-state index contributed by atoms with van der Waals surface area (Å²) in [5.41, 5.74) is -0.208. The van der Waals surface area contributed by atoms with Gasteiger partial charge >= 0.3 is 0 Å². The Kier molecular flexibility index (Phi) is 5.76. The minimum atomic E-state index is -0.586. The van der Waals surface area contributed by atoms with Gasteiger partial charge in [-0.15, -0.1) is 0 Å². The lowest BCUT2D eigenvalue weighted by atomic mass is 9.89. The third-order valence-electron chi connectivity index (χ3n) is 2.92. The molecule has 0 atom stereocenters. The Labute approximate surface area is 117 Å². The average Bonchev–Trinajstić information content (AvgIpc) is 2.37. The van der Waals surface area contributed by atoms with E-state index in [4.69, 9.17) is 16.7 Å². The molecule has 0 heterocycles. The monoisotopic (exact) mass is 287 g/mol. The molecular formula is C14H19ClFNO2. The van der Waals surface area contributed by atoms with E-state index in [1.54, 1.807) is 0 Å². The number of hydrogen-bond donors (Lipinski definition) is 2. The van der Waals surface area contributed by atoms with Crippen molar-refractivity contribution in [1.82, 2.24) is 5.32 Å². The smallest absolute Gasteiger partial charge is 0.254 e. The van der Waals surface area contributed by atoms with Crippen molar-refractivity contribution >= 4 is 17.5 Å². The number of rotatable bonds is 6. The van der Waals surface area contributed by atoms with Gasteiger partial charge in [-0.3, -0.25) is 4.79 Å². The number of aliphatic hydroxyl groups excluding tert-OH is 1. The van der Waals surface area contributed by atoms with Gasteiger partial charge < -0.3 is 10.4 Å². The first-order valence-electron chi connectivity index (χ1n) is 6.20. The first-order chi connectivity index (χ1) is 8.85. The molecule has 0 unspecified atom stereocenters. The first kappa shape index (κ1) is 15.9. The van der Waals surface area contributed by atoms with Crippen molar-refractivity contribution in [2.24, 2.45) is 5.41 Å². The molecule has 0 radical (unpaired) electrons. The van der Waals surface area contributed by atoms with Crippen LogP contribution in [0.1, 0.15) is 37.0 Å². The van der Waals surface area contributed by atoms with E-state index in [2.05, 4.69) is 5.32 Å². The molecule has 19 heavy (non-hydrogen) atoms. The molecule has 0 bridgehead atoms. The van der Waals surface area contributed by atoms with Gasteiger partial charge in [0, 0.05) is 18.2 Å². The Morgan fingerprint density at radius 2 is 2.16 bits per heavy atom. The number of nitrogens with one attached hydrogen (secondary N) is 1. The number of amides is 1. The fourth-order valence-corrected chi connectivity index (χ4v) is 1.79. The second kappa shape index (κ2) is 6.87. The lowest BCUT2D eigenvalue weighted by Gasteiger charge is -2.21. The Hall–Kier alpha value is -1.13. The normalized spacial score (nSPS) is 11.4. The summed E-state index contributed by atoms with van der Waals surface area (Å²) in [7, 11) is 0. The molecule has 0 aliphatic heterocycles. The third kappa shape index (κ3) is 5.17. The van der Waals surface area contributed by atoms with E-state index in [-0.39, 0.29) is 17.6 Å². The summed E-state index contributed by atoms with van der Waals surface area (Å²) >= 11 is 5.73. The number of carbonyl (C=O) groups is 1. The number of hydrogen-bond acceptors (Lipinski definition) is 2. The summed E-state index contributed by atoms with van der Waals surface area (Å²) in [6.07, 6.45) is 1.50. The Morgan fingerprint density at radius 1 is 1.47 bits per heavy atom. The second-order valence-electron chi connectivity index (χ2n) is 5.31. The maximum atomic E-state index is 13.4. The van der Waals surface area contributed by atoms with Crippen LogP contribution in [-0.2, 0) is 0 Å². The average molecular weight is 288 g/mol. The Balaban J connectivity index is 2.46. The predicted molar refractivity (Wildman–Crippen MR) is 73.8 cm³/mol. The predicted octanol–water partition coefficient (Wildman–Crippen LogP) is 3.01. The molecule has 3 nitrogen and oxygen atoms in total. The van der Waals surface area contributed by atoms with E-state index in [1.165, 1.54) is 18.2 Å². The number of aliphatic hydroxyl groups is 1. The van der Waals surface area contributed by atoms with Gasteiger partial charge in [-0.05, 0) is 36.5 Å². The minimum Gasteiger partial charge on any atom is -0.396 e. The topological polar surface area (TPSA) is 49.3 Å². The largest absolute Gasteiger partial charge is 0.396 e. The SMILES string of the molecule is CC(C)(CO)CCCNC(=O)c1cc(Cl)ccc1F. The van der Waals surface area contributed by atoms with E-state index in [0.717, 1.165) is 12.8 Å². The van der Waals surface area contributed by atoms with Crippen molar-refractivity contribution in [2.75, 3.05) is 13.2 Å². The summed E-state index contributed by atoms with van der Waals surface area (Å²) in [4.78, 5) is 11.8. The van der Waals surface area contributed by atoms with Crippen molar-refractivity contribution in [3.63, 3.8) is 0 Å². The van der Waals surface area contributed by atoms with Gasteiger partial charge in [-0.2, -0.15) is 0 Å². The van der Waals surface area contributed by atoms with Crippen LogP contribution in [0.3, 0.4) is 0 Å². The molecule has 1 aromatic rings. The van der Waals surface area contributed by atoms with Gasteiger partial charge in [0.2, 0.25) is 0 Å². The highest BCUT2D eigenvalue weighted by Gasteiger charge is 2.16. The van der Waals surface area contributed by atoms with Crippen LogP contribution in [0.4, 0.5) is 4.39 Å². The van der Waals surface area contributed by atoms with Crippen molar-refractivity contribution in [3.8, 4) is 0 Å². The second-order valence-corrected chi connectivity index (χ2v) is 5.74. The standard InChI is InChI=1S/C14H19ClFNO2/c1-14(2,9-18)6-3-7-17-13(19)11-8-10(15)4-5-12(11)16/h4-5,8,18H,3,6-7,9H2,1-2H3,(H,17,19). The van der Waals surface area contributed by atoms with Gasteiger partial charge in [0.25, 0.3) is 5.91 Å². The van der Waals surface area contributed by atoms with Crippen LogP contribution in [0.5, 0.6) is 0 Å². The maximum Gasteiger partial charge on any atom is 0.254 e. The molecule has 0 aliphatic rings. The molecule has 1 aromatic carbocycles. The van der Waals surface area contributed by atoms with E-state index in [1.807, 2.05) is 13.8 Å². The van der Waals surface area contributed by atoms with Crippen LogP contribution in [-0.4, -0.2) is 24.2 Å². The van der Waals surface area contributed by atoms with Crippen LogP contribution < -0.4 is 5.32 Å². The first-order valence-corrected chi connectivity index (χ1v) is 6.57. The molecule has 5 heteroatoms. The molecular weight excluding hydrogens is 269 g/mol. The lowest BCUT2D eigenvalue weighted by molar-refractivity contribution is 0.0944. The third-order valence-corrected chi connectivity index (χ3v) is 3.15. The summed E-state index contributed by atoms with van der Waals surface area (Å²) in [5, 5.41) is 12.1. The Morgan fingerprint density at radius 3 is 2.79 bits per heavy atom. The zero-order chi connectivity index (χ0) is 14.5. The van der Waals surface area contributed by atoms with Gasteiger partial charge in [-0.1, -0.05) is 25.4 Å². The molecule has 0 saturated heterocycles. The van der Waals surface area contributed by atoms with Crippen LogP contribution in [0.2, 0.25) is 5.02 Å². The van der Waals surface area contributed by atoms with Gasteiger partial charge in [0.1, 0.15) is 5.82 Å². The lowest BCUT2D eigenvalue weighted by Crippen LogP contribution is -2.27. The molecule has 0 aromatic heterocycles. The van der Waals surface area contributed by atoms with E-state index in [9.17, 15) is 9.18 Å². The van der Waals surface area contributed by atoms with E-state index >= 15 is 0 Å². The van der Waals surface area contributed by atoms with Gasteiger partial charge in [0.05, 0.1) is 5.56 Å². The Bertz CT molecular complexity index is 449. The zero-order valence-electron chi connectivity index (χ0n) is 11.2. The van der Waals surface area contributed by atoms with Crippen molar-refractivity contribution in [2.45, 2.75) is 26.7 Å². The highest BCUT2D eigenvalue weighted by molar-refractivity contribution is 6.30. The quantitative estimate of drug-likeness (QED) is 0.790. The molecule has 2 N–H and O–H groups in total. The summed E-state index contributed by atoms with van der Waals surface area (Å²) in [5.74, 6) is -1.06. The molecule has 106 valence electrons. The van der Waals surface area contributed by atoms with Crippen molar-refractivity contribution in [3.05, 3.63) is 34.6 Å². The number of carbonyl (C=O) groups excluding carboxylic acids is 1. The minimum absolute atomic E-state index is 0.0473. The summed E-state index contributed by atoms with van der Waals surface area (Å²) < 4.78 is 13.4. The fourth-order valence-electron chi connectivity index (χ4n) is 1.61. The highest BCUT2D eigenvalue weighted by atomic mass is 35.5.